The molecule has 0 atom stereocenters. The van der Waals surface area contributed by atoms with Crippen LogP contribution in [0.25, 0.3) is 5.69 Å². The third-order valence-electron chi connectivity index (χ3n) is 2.52. The Morgan fingerprint density at radius 3 is 2.74 bits per heavy atom. The van der Waals surface area contributed by atoms with Crippen molar-refractivity contribution in [1.29, 1.82) is 0 Å². The van der Waals surface area contributed by atoms with Gasteiger partial charge in [-0.3, -0.25) is 9.78 Å². The number of aromatic amines is 1. The average Bonchev–Trinajstić information content (AvgIpc) is 2.39. The Morgan fingerprint density at radius 1 is 1.37 bits per heavy atom. The van der Waals surface area contributed by atoms with E-state index >= 15 is 0 Å². The van der Waals surface area contributed by atoms with Crippen molar-refractivity contribution < 1.29 is 4.74 Å². The number of ether oxygens (including phenoxy) is 1. The van der Waals surface area contributed by atoms with Gasteiger partial charge in [-0.1, -0.05) is 6.07 Å². The number of nitrogens with one attached hydrogen (secondary N) is 1. The van der Waals surface area contributed by atoms with Crippen LogP contribution in [0, 0.1) is 4.91 Å². The van der Waals surface area contributed by atoms with Gasteiger partial charge in [-0.15, -0.1) is 4.91 Å². The SMILES string of the molecule is COc1cccc(-n2c(N)c(N=O)c(=O)[nH]c2=O)c1. The van der Waals surface area contributed by atoms with E-state index in [-0.39, 0.29) is 5.82 Å². The van der Waals surface area contributed by atoms with Crippen molar-refractivity contribution in [1.82, 2.24) is 9.55 Å². The van der Waals surface area contributed by atoms with Gasteiger partial charge in [-0.05, 0) is 17.3 Å². The van der Waals surface area contributed by atoms with Crippen molar-refractivity contribution in [2.45, 2.75) is 0 Å². The minimum Gasteiger partial charge on any atom is -0.497 e. The number of anilines is 1. The summed E-state index contributed by atoms with van der Waals surface area (Å²) in [7, 11) is 1.47. The fraction of sp³-hybridized carbons (Fsp3) is 0.0909. The van der Waals surface area contributed by atoms with Gasteiger partial charge in [0.1, 0.15) is 11.6 Å². The maximum absolute atomic E-state index is 11.8. The van der Waals surface area contributed by atoms with Crippen molar-refractivity contribution in [3.8, 4) is 11.4 Å². The number of nitroso groups, excluding NO2 is 1. The standard InChI is InChI=1S/C11H10N4O4/c1-19-7-4-2-3-6(5-7)15-9(12)8(14-18)10(16)13-11(15)17/h2-5H,12H2,1H3,(H,13,16,17). The molecule has 3 N–H and O–H groups in total. The number of nitrogens with zero attached hydrogens (tertiary/aromatic N) is 2. The molecule has 0 aliphatic rings. The Labute approximate surface area is 106 Å². The van der Waals surface area contributed by atoms with Crippen LogP contribution in [0.3, 0.4) is 0 Å². The summed E-state index contributed by atoms with van der Waals surface area (Å²) in [6, 6.07) is 6.42. The Hall–Kier alpha value is -2.90. The second-order valence-corrected chi connectivity index (χ2v) is 3.62. The minimum atomic E-state index is -0.920. The lowest BCUT2D eigenvalue weighted by molar-refractivity contribution is 0.414. The maximum atomic E-state index is 11.8. The van der Waals surface area contributed by atoms with Crippen LogP contribution in [0.1, 0.15) is 0 Å². The first kappa shape index (κ1) is 12.6. The van der Waals surface area contributed by atoms with Crippen LogP contribution < -0.4 is 21.7 Å². The third-order valence-corrected chi connectivity index (χ3v) is 2.52. The molecule has 0 aliphatic carbocycles. The number of nitrogens with two attached hydrogens (primary N) is 1. The van der Waals surface area contributed by atoms with Crippen LogP contribution in [0.15, 0.2) is 39.0 Å². The summed E-state index contributed by atoms with van der Waals surface area (Å²) in [5.74, 6) is 0.174. The number of H-pyrrole nitrogens is 1. The van der Waals surface area contributed by atoms with E-state index < -0.39 is 16.9 Å². The molecule has 2 rings (SSSR count). The number of nitrogen functional groups attached to an aromatic ring is 1. The lowest BCUT2D eigenvalue weighted by Crippen LogP contribution is -2.30. The molecule has 8 heteroatoms. The van der Waals surface area contributed by atoms with Crippen molar-refractivity contribution in [3.05, 3.63) is 50.0 Å². The molecule has 0 saturated heterocycles. The topological polar surface area (TPSA) is 120 Å². The van der Waals surface area contributed by atoms with Gasteiger partial charge in [0.05, 0.1) is 12.8 Å². The molecule has 0 aliphatic heterocycles. The van der Waals surface area contributed by atoms with Crippen LogP contribution in [-0.2, 0) is 0 Å². The molecular formula is C11H10N4O4. The molecule has 98 valence electrons. The predicted octanol–water partition coefficient (Wildman–Crippen LogP) is 0.514. The van der Waals surface area contributed by atoms with Crippen LogP contribution in [0.4, 0.5) is 11.5 Å². The van der Waals surface area contributed by atoms with Gasteiger partial charge < -0.3 is 10.5 Å². The van der Waals surface area contributed by atoms with E-state index in [0.717, 1.165) is 4.57 Å². The highest BCUT2D eigenvalue weighted by molar-refractivity contribution is 5.59. The molecule has 0 fully saturated rings. The van der Waals surface area contributed by atoms with E-state index in [2.05, 4.69) is 5.18 Å². The van der Waals surface area contributed by atoms with E-state index in [9.17, 15) is 14.5 Å². The Balaban J connectivity index is 2.78. The van der Waals surface area contributed by atoms with Crippen LogP contribution in [0.2, 0.25) is 0 Å². The zero-order valence-corrected chi connectivity index (χ0v) is 9.91. The normalized spacial score (nSPS) is 10.2. The summed E-state index contributed by atoms with van der Waals surface area (Å²) < 4.78 is 6.00. The van der Waals surface area contributed by atoms with E-state index in [1.165, 1.54) is 13.2 Å². The summed E-state index contributed by atoms with van der Waals surface area (Å²) in [5.41, 5.74) is 3.76. The predicted molar refractivity (Wildman–Crippen MR) is 69.1 cm³/mol. The monoisotopic (exact) mass is 262 g/mol. The highest BCUT2D eigenvalue weighted by Crippen LogP contribution is 2.20. The van der Waals surface area contributed by atoms with E-state index in [1.54, 1.807) is 18.2 Å². The van der Waals surface area contributed by atoms with E-state index in [1.807, 2.05) is 4.98 Å². The largest absolute Gasteiger partial charge is 0.497 e. The first-order valence-corrected chi connectivity index (χ1v) is 5.21. The van der Waals surface area contributed by atoms with Crippen molar-refractivity contribution in [3.63, 3.8) is 0 Å². The van der Waals surface area contributed by atoms with Crippen LogP contribution >= 0.6 is 0 Å². The van der Waals surface area contributed by atoms with E-state index in [0.29, 0.717) is 11.4 Å². The molecule has 0 unspecified atom stereocenters. The lowest BCUT2D eigenvalue weighted by atomic mass is 10.3. The molecule has 0 spiro atoms. The smallest absolute Gasteiger partial charge is 0.334 e. The zero-order valence-electron chi connectivity index (χ0n) is 9.91. The number of rotatable bonds is 3. The number of hydrogen-bond acceptors (Lipinski definition) is 6. The first-order valence-electron chi connectivity index (χ1n) is 5.21. The Morgan fingerprint density at radius 2 is 2.11 bits per heavy atom. The van der Waals surface area contributed by atoms with Crippen molar-refractivity contribution in [2.75, 3.05) is 12.8 Å². The van der Waals surface area contributed by atoms with Gasteiger partial charge >= 0.3 is 5.69 Å². The fourth-order valence-corrected chi connectivity index (χ4v) is 1.64. The third kappa shape index (κ3) is 2.10. The summed E-state index contributed by atoms with van der Waals surface area (Å²) >= 11 is 0. The quantitative estimate of drug-likeness (QED) is 0.781. The summed E-state index contributed by atoms with van der Waals surface area (Å²) in [4.78, 5) is 35.7. The molecule has 0 bridgehead atoms. The minimum absolute atomic E-state index is 0.322. The molecule has 0 saturated carbocycles. The van der Waals surface area contributed by atoms with Gasteiger partial charge in [-0.25, -0.2) is 9.36 Å². The first-order chi connectivity index (χ1) is 9.08. The lowest BCUT2D eigenvalue weighted by Gasteiger charge is -2.10. The van der Waals surface area contributed by atoms with E-state index in [4.69, 9.17) is 10.5 Å². The molecule has 1 aromatic carbocycles. The maximum Gasteiger partial charge on any atom is 0.334 e. The zero-order chi connectivity index (χ0) is 14.0. The van der Waals surface area contributed by atoms with Crippen LogP contribution in [-0.4, -0.2) is 16.7 Å². The molecule has 1 heterocycles. The molecule has 0 amide bonds. The molecular weight excluding hydrogens is 252 g/mol. The van der Waals surface area contributed by atoms with Gasteiger partial charge in [0, 0.05) is 6.07 Å². The highest BCUT2D eigenvalue weighted by atomic mass is 16.5. The second-order valence-electron chi connectivity index (χ2n) is 3.62. The molecule has 1 aromatic heterocycles. The van der Waals surface area contributed by atoms with Gasteiger partial charge in [0.15, 0.2) is 0 Å². The Kier molecular flexibility index (Phi) is 3.15. The van der Waals surface area contributed by atoms with Crippen molar-refractivity contribution >= 4 is 11.5 Å². The van der Waals surface area contributed by atoms with Crippen LogP contribution in [0.5, 0.6) is 5.75 Å². The van der Waals surface area contributed by atoms with Gasteiger partial charge in [0.25, 0.3) is 5.56 Å². The summed E-state index contributed by atoms with van der Waals surface area (Å²) in [6.07, 6.45) is 0. The molecule has 8 nitrogen and oxygen atoms in total. The summed E-state index contributed by atoms with van der Waals surface area (Å²) in [6.45, 7) is 0. The van der Waals surface area contributed by atoms with Crippen molar-refractivity contribution in [2.24, 2.45) is 5.18 Å². The number of hydrogen-bond donors (Lipinski definition) is 2. The molecule has 2 aromatic rings. The number of methoxy groups -OCH3 is 1. The summed E-state index contributed by atoms with van der Waals surface area (Å²) in [5, 5.41) is 2.53. The second kappa shape index (κ2) is 4.77. The molecule has 19 heavy (non-hydrogen) atoms. The number of benzene rings is 1. The van der Waals surface area contributed by atoms with Gasteiger partial charge in [0.2, 0.25) is 5.69 Å². The highest BCUT2D eigenvalue weighted by Gasteiger charge is 2.14. The molecule has 0 radical (unpaired) electrons. The van der Waals surface area contributed by atoms with Gasteiger partial charge in [-0.2, -0.15) is 0 Å². The fourth-order valence-electron chi connectivity index (χ4n) is 1.64. The number of aromatic nitrogens is 2. The average molecular weight is 262 g/mol. The Bertz CT molecular complexity index is 747.